The van der Waals surface area contributed by atoms with Crippen LogP contribution < -0.4 is 5.32 Å². The number of carboxylic acid groups (broad SMARTS) is 1. The quantitative estimate of drug-likeness (QED) is 0.660. The van der Waals surface area contributed by atoms with Gasteiger partial charge in [-0.25, -0.2) is 0 Å². The fourth-order valence-electron chi connectivity index (χ4n) is 2.66. The van der Waals surface area contributed by atoms with Crippen molar-refractivity contribution in [1.29, 1.82) is 0 Å². The highest BCUT2D eigenvalue weighted by atomic mass is 16.5. The van der Waals surface area contributed by atoms with Gasteiger partial charge in [0.2, 0.25) is 5.91 Å². The molecule has 0 saturated heterocycles. The highest BCUT2D eigenvalue weighted by molar-refractivity contribution is 5.77. The number of nitrogens with zero attached hydrogens (tertiary/aromatic N) is 1. The standard InChI is InChI=1S/C15H26N2O4/c1-10(2)21-9-14(18)16-12-5-13(6-12)17(8-15(19)20)7-11-3-4-11/h10-13H,3-9H2,1-2H3,(H,16,18)(H,19,20). The Hall–Kier alpha value is -1.14. The second-order valence-electron chi connectivity index (χ2n) is 6.52. The van der Waals surface area contributed by atoms with E-state index in [4.69, 9.17) is 9.84 Å². The molecule has 6 nitrogen and oxygen atoms in total. The monoisotopic (exact) mass is 298 g/mol. The topological polar surface area (TPSA) is 78.9 Å². The first-order chi connectivity index (χ1) is 9.94. The van der Waals surface area contributed by atoms with Gasteiger partial charge >= 0.3 is 5.97 Å². The zero-order chi connectivity index (χ0) is 15.4. The van der Waals surface area contributed by atoms with Crippen LogP contribution in [0, 0.1) is 5.92 Å². The van der Waals surface area contributed by atoms with Crippen molar-refractivity contribution >= 4 is 11.9 Å². The maximum absolute atomic E-state index is 11.6. The minimum atomic E-state index is -0.770. The lowest BCUT2D eigenvalue weighted by molar-refractivity contribution is -0.140. The Balaban J connectivity index is 1.68. The molecular weight excluding hydrogens is 272 g/mol. The van der Waals surface area contributed by atoms with E-state index >= 15 is 0 Å². The molecule has 2 aliphatic carbocycles. The van der Waals surface area contributed by atoms with Gasteiger partial charge in [0.1, 0.15) is 6.61 Å². The van der Waals surface area contributed by atoms with E-state index in [9.17, 15) is 9.59 Å². The number of carbonyl (C=O) groups excluding carboxylic acids is 1. The van der Waals surface area contributed by atoms with Crippen LogP contribution in [0.1, 0.15) is 39.5 Å². The van der Waals surface area contributed by atoms with Crippen molar-refractivity contribution in [2.75, 3.05) is 19.7 Å². The summed E-state index contributed by atoms with van der Waals surface area (Å²) in [6, 6.07) is 0.451. The first-order valence-corrected chi connectivity index (χ1v) is 7.81. The summed E-state index contributed by atoms with van der Waals surface area (Å²) in [7, 11) is 0. The van der Waals surface area contributed by atoms with Gasteiger partial charge in [0, 0.05) is 18.6 Å². The van der Waals surface area contributed by atoms with Crippen LogP contribution >= 0.6 is 0 Å². The molecule has 120 valence electrons. The van der Waals surface area contributed by atoms with Crippen LogP contribution in [0.3, 0.4) is 0 Å². The molecular formula is C15H26N2O4. The van der Waals surface area contributed by atoms with Gasteiger partial charge in [-0.15, -0.1) is 0 Å². The Morgan fingerprint density at radius 1 is 1.33 bits per heavy atom. The van der Waals surface area contributed by atoms with Crippen LogP contribution in [0.4, 0.5) is 0 Å². The summed E-state index contributed by atoms with van der Waals surface area (Å²) in [6.45, 7) is 4.88. The second kappa shape index (κ2) is 7.22. The van der Waals surface area contributed by atoms with Crippen LogP contribution in [0.15, 0.2) is 0 Å². The van der Waals surface area contributed by atoms with Gasteiger partial charge in [-0.2, -0.15) is 0 Å². The predicted octanol–water partition coefficient (Wildman–Crippen LogP) is 0.855. The molecule has 0 aromatic rings. The molecule has 0 aromatic heterocycles. The average Bonchev–Trinajstić information content (AvgIpc) is 3.13. The van der Waals surface area contributed by atoms with Crippen molar-refractivity contribution in [1.82, 2.24) is 10.2 Å². The van der Waals surface area contributed by atoms with Gasteiger partial charge in [-0.1, -0.05) is 0 Å². The Kier molecular flexibility index (Phi) is 5.58. The van der Waals surface area contributed by atoms with Crippen molar-refractivity contribution in [2.24, 2.45) is 5.92 Å². The molecule has 0 bridgehead atoms. The van der Waals surface area contributed by atoms with Crippen LogP contribution in [0.2, 0.25) is 0 Å². The van der Waals surface area contributed by atoms with Gasteiger partial charge < -0.3 is 15.2 Å². The van der Waals surface area contributed by atoms with E-state index in [0.29, 0.717) is 5.92 Å². The molecule has 2 saturated carbocycles. The second-order valence-corrected chi connectivity index (χ2v) is 6.52. The first kappa shape index (κ1) is 16.2. The molecule has 0 aliphatic heterocycles. The van der Waals surface area contributed by atoms with E-state index in [1.165, 1.54) is 12.8 Å². The molecule has 1 amide bonds. The molecule has 2 N–H and O–H groups in total. The van der Waals surface area contributed by atoms with Crippen molar-refractivity contribution in [3.05, 3.63) is 0 Å². The number of nitrogens with one attached hydrogen (secondary N) is 1. The molecule has 0 spiro atoms. The highest BCUT2D eigenvalue weighted by Gasteiger charge is 2.37. The molecule has 0 radical (unpaired) electrons. The van der Waals surface area contributed by atoms with E-state index in [0.717, 1.165) is 19.4 Å². The predicted molar refractivity (Wildman–Crippen MR) is 78.0 cm³/mol. The molecule has 2 fully saturated rings. The Morgan fingerprint density at radius 2 is 2.00 bits per heavy atom. The van der Waals surface area contributed by atoms with Crippen LogP contribution in [0.25, 0.3) is 0 Å². The smallest absolute Gasteiger partial charge is 0.317 e. The number of ether oxygens (including phenoxy) is 1. The average molecular weight is 298 g/mol. The van der Waals surface area contributed by atoms with Crippen molar-refractivity contribution in [3.8, 4) is 0 Å². The molecule has 0 heterocycles. The Bertz CT molecular complexity index is 376. The summed E-state index contributed by atoms with van der Waals surface area (Å²) in [5.74, 6) is -0.176. The number of hydrogen-bond donors (Lipinski definition) is 2. The number of aliphatic carboxylic acids is 1. The molecule has 0 aromatic carbocycles. The van der Waals surface area contributed by atoms with Gasteiger partial charge in [0.25, 0.3) is 0 Å². The fraction of sp³-hybridized carbons (Fsp3) is 0.867. The lowest BCUT2D eigenvalue weighted by Crippen LogP contribution is -2.55. The number of hydrogen-bond acceptors (Lipinski definition) is 4. The summed E-state index contributed by atoms with van der Waals surface area (Å²) in [6.07, 6.45) is 4.17. The van der Waals surface area contributed by atoms with Crippen molar-refractivity contribution < 1.29 is 19.4 Å². The number of rotatable bonds is 9. The molecule has 21 heavy (non-hydrogen) atoms. The third kappa shape index (κ3) is 5.63. The van der Waals surface area contributed by atoms with E-state index in [2.05, 4.69) is 10.2 Å². The molecule has 0 unspecified atom stereocenters. The molecule has 2 aliphatic rings. The lowest BCUT2D eigenvalue weighted by atomic mass is 9.85. The maximum Gasteiger partial charge on any atom is 0.317 e. The largest absolute Gasteiger partial charge is 0.480 e. The van der Waals surface area contributed by atoms with Gasteiger partial charge in [0.15, 0.2) is 0 Å². The Labute approximate surface area is 125 Å². The molecule has 0 atom stereocenters. The normalized spacial score (nSPS) is 25.0. The maximum atomic E-state index is 11.6. The molecule has 2 rings (SSSR count). The zero-order valence-corrected chi connectivity index (χ0v) is 12.9. The summed E-state index contributed by atoms with van der Waals surface area (Å²) in [5.41, 5.74) is 0. The highest BCUT2D eigenvalue weighted by Crippen LogP contribution is 2.33. The van der Waals surface area contributed by atoms with E-state index < -0.39 is 5.97 Å². The van der Waals surface area contributed by atoms with Gasteiger partial charge in [-0.05, 0) is 45.4 Å². The van der Waals surface area contributed by atoms with E-state index in [1.54, 1.807) is 0 Å². The first-order valence-electron chi connectivity index (χ1n) is 7.81. The fourth-order valence-corrected chi connectivity index (χ4v) is 2.66. The third-order valence-electron chi connectivity index (χ3n) is 4.07. The summed E-state index contributed by atoms with van der Waals surface area (Å²) < 4.78 is 5.26. The lowest BCUT2D eigenvalue weighted by Gasteiger charge is -2.42. The van der Waals surface area contributed by atoms with Crippen LogP contribution in [0.5, 0.6) is 0 Å². The van der Waals surface area contributed by atoms with Crippen LogP contribution in [-0.2, 0) is 14.3 Å². The Morgan fingerprint density at radius 3 is 2.52 bits per heavy atom. The summed E-state index contributed by atoms with van der Waals surface area (Å²) >= 11 is 0. The van der Waals surface area contributed by atoms with Gasteiger partial charge in [-0.3, -0.25) is 14.5 Å². The third-order valence-corrected chi connectivity index (χ3v) is 4.07. The molecule has 6 heteroatoms. The van der Waals surface area contributed by atoms with Gasteiger partial charge in [0.05, 0.1) is 12.6 Å². The van der Waals surface area contributed by atoms with Crippen LogP contribution in [-0.4, -0.2) is 59.8 Å². The number of amides is 1. The minimum Gasteiger partial charge on any atom is -0.480 e. The van der Waals surface area contributed by atoms with Crippen molar-refractivity contribution in [3.63, 3.8) is 0 Å². The number of carbonyl (C=O) groups is 2. The van der Waals surface area contributed by atoms with E-state index in [-0.39, 0.29) is 37.2 Å². The SMILES string of the molecule is CC(C)OCC(=O)NC1CC(N(CC(=O)O)CC2CC2)C1. The summed E-state index contributed by atoms with van der Waals surface area (Å²) in [5, 5.41) is 11.9. The number of carboxylic acids is 1. The zero-order valence-electron chi connectivity index (χ0n) is 12.9. The minimum absolute atomic E-state index is 0.0505. The van der Waals surface area contributed by atoms with E-state index in [1.807, 2.05) is 13.8 Å². The summed E-state index contributed by atoms with van der Waals surface area (Å²) in [4.78, 5) is 24.6. The van der Waals surface area contributed by atoms with Crippen molar-refractivity contribution in [2.45, 2.75) is 57.7 Å².